The summed E-state index contributed by atoms with van der Waals surface area (Å²) in [4.78, 5) is 18.0. The van der Waals surface area contributed by atoms with E-state index in [0.717, 1.165) is 36.6 Å². The molecule has 0 saturated carbocycles. The molecule has 0 fully saturated rings. The van der Waals surface area contributed by atoms with Crippen molar-refractivity contribution in [1.29, 1.82) is 0 Å². The second kappa shape index (κ2) is 11.9. The van der Waals surface area contributed by atoms with Crippen LogP contribution >= 0.6 is 12.4 Å². The molecule has 0 bridgehead atoms. The first-order valence-corrected chi connectivity index (χ1v) is 7.13. The molecule has 0 aliphatic carbocycles. The van der Waals surface area contributed by atoms with Crippen molar-refractivity contribution in [1.82, 2.24) is 0 Å². The fraction of sp³-hybridized carbons (Fsp3) is 0.294. The molecule has 7 nitrogen and oxygen atoms in total. The molecule has 0 amide bonds. The van der Waals surface area contributed by atoms with Gasteiger partial charge in [-0.05, 0) is 42.3 Å². The first-order valence-electron chi connectivity index (χ1n) is 7.13. The molecule has 0 aliphatic heterocycles. The molecular weight excluding hydrogens is 350 g/mol. The van der Waals surface area contributed by atoms with E-state index >= 15 is 0 Å². The molecule has 0 spiro atoms. The van der Waals surface area contributed by atoms with Gasteiger partial charge in [-0.25, -0.2) is 0 Å². The number of carboxylic acid groups (broad SMARTS) is 2. The smallest absolute Gasteiger partial charge is 0.300 e. The number of carboxylic acids is 2. The van der Waals surface area contributed by atoms with Crippen LogP contribution in [-0.2, 0) is 16.0 Å². The maximum atomic E-state index is 9.65. The summed E-state index contributed by atoms with van der Waals surface area (Å²) in [5.74, 6) is -1.78. The Morgan fingerprint density at radius 3 is 1.96 bits per heavy atom. The third-order valence-corrected chi connectivity index (χ3v) is 2.84. The molecule has 0 unspecified atom stereocenters. The first kappa shape index (κ1) is 24.7. The van der Waals surface area contributed by atoms with Crippen LogP contribution in [0.2, 0.25) is 0 Å². The third-order valence-electron chi connectivity index (χ3n) is 2.84. The lowest BCUT2D eigenvalue weighted by Gasteiger charge is -2.08. The topological polar surface area (TPSA) is 141 Å². The van der Waals surface area contributed by atoms with Gasteiger partial charge in [-0.1, -0.05) is 18.2 Å². The SMILES string of the molecule is CC(=O)O.CC(=O)O.Cc1c(O)c(O)cc2ccc(CCN)cc12.Cl. The predicted octanol–water partition coefficient (Wildman–Crippen LogP) is 2.66. The lowest BCUT2D eigenvalue weighted by Crippen LogP contribution is -2.02. The zero-order chi connectivity index (χ0) is 18.9. The molecule has 0 atom stereocenters. The number of nitrogens with two attached hydrogens (primary N) is 1. The van der Waals surface area contributed by atoms with Crippen molar-refractivity contribution in [3.8, 4) is 11.5 Å². The zero-order valence-electron chi connectivity index (χ0n) is 14.3. The monoisotopic (exact) mass is 373 g/mol. The second-order valence-corrected chi connectivity index (χ2v) is 5.00. The van der Waals surface area contributed by atoms with Gasteiger partial charge >= 0.3 is 0 Å². The van der Waals surface area contributed by atoms with E-state index in [1.165, 1.54) is 0 Å². The molecule has 6 N–H and O–H groups in total. The summed E-state index contributed by atoms with van der Waals surface area (Å²) in [7, 11) is 0. The van der Waals surface area contributed by atoms with E-state index in [4.69, 9.17) is 25.5 Å². The minimum Gasteiger partial charge on any atom is -0.504 e. The number of phenols is 2. The van der Waals surface area contributed by atoms with Crippen LogP contribution in [0.1, 0.15) is 25.0 Å². The number of aryl methyl sites for hydroxylation is 1. The number of rotatable bonds is 2. The summed E-state index contributed by atoms with van der Waals surface area (Å²) in [6.45, 7) is 4.57. The summed E-state index contributed by atoms with van der Waals surface area (Å²) in [6, 6.07) is 7.51. The van der Waals surface area contributed by atoms with Crippen LogP contribution in [0.25, 0.3) is 10.8 Å². The average Bonchev–Trinajstić information content (AvgIpc) is 2.45. The van der Waals surface area contributed by atoms with Gasteiger partial charge in [0.25, 0.3) is 11.9 Å². The van der Waals surface area contributed by atoms with Crippen LogP contribution in [0.5, 0.6) is 11.5 Å². The number of carbonyl (C=O) groups is 2. The fourth-order valence-electron chi connectivity index (χ4n) is 1.91. The molecule has 0 aromatic heterocycles. The quantitative estimate of drug-likeness (QED) is 0.509. The number of aliphatic carboxylic acids is 2. The predicted molar refractivity (Wildman–Crippen MR) is 98.6 cm³/mol. The molecule has 0 heterocycles. The molecule has 2 aromatic rings. The van der Waals surface area contributed by atoms with Gasteiger partial charge in [-0.3, -0.25) is 9.59 Å². The van der Waals surface area contributed by atoms with Crippen LogP contribution in [0.3, 0.4) is 0 Å². The van der Waals surface area contributed by atoms with Crippen molar-refractivity contribution in [3.63, 3.8) is 0 Å². The van der Waals surface area contributed by atoms with Crippen LogP contribution in [-0.4, -0.2) is 38.9 Å². The van der Waals surface area contributed by atoms with Crippen molar-refractivity contribution < 1.29 is 30.0 Å². The van der Waals surface area contributed by atoms with Crippen LogP contribution < -0.4 is 5.73 Å². The minimum atomic E-state index is -0.833. The molecule has 2 rings (SSSR count). The maximum absolute atomic E-state index is 9.65. The normalized spacial score (nSPS) is 8.96. The standard InChI is InChI=1S/C13H15NO2.2C2H4O2.ClH/c1-8-11-6-9(4-5-14)2-3-10(11)7-12(15)13(8)16;2*1-2(3)4;/h2-3,6-7,15-16H,4-5,14H2,1H3;2*1H3,(H,3,4);1H. The summed E-state index contributed by atoms with van der Waals surface area (Å²) in [6.07, 6.45) is 0.816. The zero-order valence-corrected chi connectivity index (χ0v) is 15.1. The summed E-state index contributed by atoms with van der Waals surface area (Å²) in [5, 5.41) is 35.9. The fourth-order valence-corrected chi connectivity index (χ4v) is 1.91. The maximum Gasteiger partial charge on any atom is 0.300 e. The number of aromatic hydroxyl groups is 2. The number of fused-ring (bicyclic) bond motifs is 1. The molecule has 2 aromatic carbocycles. The molecule has 25 heavy (non-hydrogen) atoms. The van der Waals surface area contributed by atoms with Crippen molar-refractivity contribution in [3.05, 3.63) is 35.4 Å². The van der Waals surface area contributed by atoms with Crippen molar-refractivity contribution in [2.45, 2.75) is 27.2 Å². The first-order chi connectivity index (χ1) is 11.1. The lowest BCUT2D eigenvalue weighted by atomic mass is 10.00. The molecule has 0 aliphatic rings. The number of benzene rings is 2. The molecule has 140 valence electrons. The van der Waals surface area contributed by atoms with E-state index in [0.29, 0.717) is 12.1 Å². The molecular formula is C17H24ClNO6. The lowest BCUT2D eigenvalue weighted by molar-refractivity contribution is -0.135. The van der Waals surface area contributed by atoms with E-state index in [1.54, 1.807) is 13.0 Å². The summed E-state index contributed by atoms with van der Waals surface area (Å²) >= 11 is 0. The van der Waals surface area contributed by atoms with Crippen molar-refractivity contribution >= 4 is 35.1 Å². The Labute approximate surface area is 152 Å². The number of phenolic OH excluding ortho intramolecular Hbond substituents is 2. The Morgan fingerprint density at radius 1 is 1.04 bits per heavy atom. The Hall–Kier alpha value is -2.51. The van der Waals surface area contributed by atoms with E-state index in [9.17, 15) is 10.2 Å². The largest absolute Gasteiger partial charge is 0.504 e. The molecule has 0 saturated heterocycles. The highest BCUT2D eigenvalue weighted by atomic mass is 35.5. The number of halogens is 1. The Morgan fingerprint density at radius 2 is 1.52 bits per heavy atom. The number of hydrogen-bond donors (Lipinski definition) is 5. The Balaban J connectivity index is 0. The van der Waals surface area contributed by atoms with E-state index in [2.05, 4.69) is 0 Å². The molecule has 0 radical (unpaired) electrons. The van der Waals surface area contributed by atoms with Crippen molar-refractivity contribution in [2.24, 2.45) is 5.73 Å². The van der Waals surface area contributed by atoms with E-state index < -0.39 is 11.9 Å². The van der Waals surface area contributed by atoms with Gasteiger partial charge in [0.05, 0.1) is 0 Å². The summed E-state index contributed by atoms with van der Waals surface area (Å²) < 4.78 is 0. The van der Waals surface area contributed by atoms with Gasteiger partial charge in [0.2, 0.25) is 0 Å². The van der Waals surface area contributed by atoms with Crippen LogP contribution in [0.15, 0.2) is 24.3 Å². The van der Waals surface area contributed by atoms with Crippen LogP contribution in [0, 0.1) is 6.92 Å². The van der Waals surface area contributed by atoms with Crippen molar-refractivity contribution in [2.75, 3.05) is 6.54 Å². The van der Waals surface area contributed by atoms with Gasteiger partial charge in [-0.15, -0.1) is 12.4 Å². The Bertz CT molecular complexity index is 698. The highest BCUT2D eigenvalue weighted by Crippen LogP contribution is 2.35. The highest BCUT2D eigenvalue weighted by molar-refractivity contribution is 5.90. The van der Waals surface area contributed by atoms with E-state index in [1.807, 2.05) is 18.2 Å². The minimum absolute atomic E-state index is 0. The van der Waals surface area contributed by atoms with E-state index in [-0.39, 0.29) is 23.9 Å². The molecule has 8 heteroatoms. The summed E-state index contributed by atoms with van der Waals surface area (Å²) in [5.41, 5.74) is 7.35. The number of hydrogen-bond acceptors (Lipinski definition) is 5. The third kappa shape index (κ3) is 9.39. The van der Waals surface area contributed by atoms with Gasteiger partial charge in [0, 0.05) is 19.4 Å². The second-order valence-electron chi connectivity index (χ2n) is 5.00. The van der Waals surface area contributed by atoms with Gasteiger partial charge in [-0.2, -0.15) is 0 Å². The van der Waals surface area contributed by atoms with Gasteiger partial charge in [0.1, 0.15) is 0 Å². The highest BCUT2D eigenvalue weighted by Gasteiger charge is 2.08. The average molecular weight is 374 g/mol. The van der Waals surface area contributed by atoms with Crippen LogP contribution in [0.4, 0.5) is 0 Å². The Kier molecular flexibility index (Phi) is 11.8. The van der Waals surface area contributed by atoms with Gasteiger partial charge in [0.15, 0.2) is 11.5 Å². The van der Waals surface area contributed by atoms with Gasteiger partial charge < -0.3 is 26.2 Å².